The van der Waals surface area contributed by atoms with Gasteiger partial charge in [0.05, 0.1) is 32.9 Å². The van der Waals surface area contributed by atoms with Gasteiger partial charge in [-0.3, -0.25) is 14.2 Å². The van der Waals surface area contributed by atoms with Gasteiger partial charge < -0.3 is 5.11 Å². The molecular formula is C27H27ClN2O3. The van der Waals surface area contributed by atoms with E-state index in [0.29, 0.717) is 16.3 Å². The lowest BCUT2D eigenvalue weighted by molar-refractivity contribution is -0.142. The standard InChI is InChI=1S/C27H27ClN2O3/c28-20-5-4-6-21-23(20)24(31)29-26-27(13-2-1-3-14-27)19-12-11-18(15-22(19)30(21)26)16-7-9-17(10-8-16)25(32)33/h4-6,11-12,15-17H,1-3,7-10,13-14H2,(H,32,33). The van der Waals surface area contributed by atoms with E-state index >= 15 is 0 Å². The minimum absolute atomic E-state index is 0.219. The highest BCUT2D eigenvalue weighted by Gasteiger charge is 2.46. The maximum Gasteiger partial charge on any atom is 0.306 e. The number of nitrogens with zero attached hydrogens (tertiary/aromatic N) is 2. The van der Waals surface area contributed by atoms with E-state index in [4.69, 9.17) is 11.6 Å². The molecule has 33 heavy (non-hydrogen) atoms. The molecule has 0 atom stereocenters. The van der Waals surface area contributed by atoms with E-state index < -0.39 is 5.97 Å². The number of carboxylic acids is 1. The van der Waals surface area contributed by atoms with Crippen molar-refractivity contribution in [3.8, 4) is 5.69 Å². The minimum Gasteiger partial charge on any atom is -0.481 e. The first kappa shape index (κ1) is 20.9. The number of aromatic nitrogens is 2. The summed E-state index contributed by atoms with van der Waals surface area (Å²) in [5.74, 6) is 0.333. The molecule has 3 aromatic rings. The van der Waals surface area contributed by atoms with Gasteiger partial charge in [0.25, 0.3) is 5.56 Å². The topological polar surface area (TPSA) is 72.2 Å². The fourth-order valence-corrected chi connectivity index (χ4v) is 6.88. The molecule has 6 heteroatoms. The fourth-order valence-electron chi connectivity index (χ4n) is 6.63. The normalized spacial score (nSPS) is 23.4. The summed E-state index contributed by atoms with van der Waals surface area (Å²) in [5.41, 5.74) is 4.00. The van der Waals surface area contributed by atoms with Crippen LogP contribution < -0.4 is 5.56 Å². The van der Waals surface area contributed by atoms with Crippen LogP contribution in [0.25, 0.3) is 16.6 Å². The molecule has 1 aliphatic heterocycles. The van der Waals surface area contributed by atoms with Crippen molar-refractivity contribution in [3.63, 3.8) is 0 Å². The Morgan fingerprint density at radius 2 is 1.82 bits per heavy atom. The van der Waals surface area contributed by atoms with Gasteiger partial charge >= 0.3 is 5.97 Å². The number of carboxylic acid groups (broad SMARTS) is 1. The second kappa shape index (κ2) is 7.69. The Hall–Kier alpha value is -2.66. The number of carbonyl (C=O) groups is 1. The third kappa shape index (κ3) is 3.08. The van der Waals surface area contributed by atoms with Crippen LogP contribution >= 0.6 is 11.6 Å². The maximum absolute atomic E-state index is 13.1. The summed E-state index contributed by atoms with van der Waals surface area (Å²) in [7, 11) is 0. The van der Waals surface area contributed by atoms with Crippen LogP contribution in [0.15, 0.2) is 41.2 Å². The molecule has 3 aliphatic rings. The number of rotatable bonds is 2. The zero-order valence-corrected chi connectivity index (χ0v) is 19.3. The zero-order valence-electron chi connectivity index (χ0n) is 18.5. The molecule has 2 fully saturated rings. The summed E-state index contributed by atoms with van der Waals surface area (Å²) in [5, 5.41) is 10.3. The summed E-state index contributed by atoms with van der Waals surface area (Å²) in [4.78, 5) is 29.1. The zero-order chi connectivity index (χ0) is 22.7. The van der Waals surface area contributed by atoms with Crippen LogP contribution in [0.2, 0.25) is 5.02 Å². The molecule has 0 amide bonds. The number of halogens is 1. The Labute approximate surface area is 197 Å². The fraction of sp³-hybridized carbons (Fsp3) is 0.444. The van der Waals surface area contributed by atoms with Crippen LogP contribution in [-0.4, -0.2) is 20.6 Å². The first-order valence-corrected chi connectivity index (χ1v) is 12.5. The van der Waals surface area contributed by atoms with Gasteiger partial charge in [-0.25, -0.2) is 0 Å². The van der Waals surface area contributed by atoms with E-state index in [1.807, 2.05) is 12.1 Å². The molecular weight excluding hydrogens is 436 g/mol. The summed E-state index contributed by atoms with van der Waals surface area (Å²) >= 11 is 6.46. The molecule has 1 N–H and O–H groups in total. The molecule has 0 bridgehead atoms. The molecule has 0 saturated heterocycles. The van der Waals surface area contributed by atoms with E-state index in [1.54, 1.807) is 6.07 Å². The lowest BCUT2D eigenvalue weighted by atomic mass is 9.69. The molecule has 0 unspecified atom stereocenters. The van der Waals surface area contributed by atoms with Gasteiger partial charge in [0.1, 0.15) is 5.82 Å². The van der Waals surface area contributed by atoms with E-state index in [-0.39, 0.29) is 16.9 Å². The van der Waals surface area contributed by atoms with Gasteiger partial charge in [0, 0.05) is 0 Å². The number of hydrogen-bond donors (Lipinski definition) is 1. The Kier molecular flexibility index (Phi) is 4.88. The van der Waals surface area contributed by atoms with Gasteiger partial charge in [0.2, 0.25) is 0 Å². The molecule has 1 aromatic heterocycles. The van der Waals surface area contributed by atoms with Crippen LogP contribution in [-0.2, 0) is 10.2 Å². The van der Waals surface area contributed by atoms with E-state index in [1.165, 1.54) is 17.5 Å². The monoisotopic (exact) mass is 462 g/mol. The molecule has 1 spiro atoms. The highest BCUT2D eigenvalue weighted by Crippen LogP contribution is 2.52. The Morgan fingerprint density at radius 3 is 2.55 bits per heavy atom. The molecule has 170 valence electrons. The molecule has 6 rings (SSSR count). The van der Waals surface area contributed by atoms with Crippen molar-refractivity contribution >= 4 is 28.5 Å². The second-order valence-corrected chi connectivity index (χ2v) is 10.4. The summed E-state index contributed by atoms with van der Waals surface area (Å²) in [6, 6.07) is 12.4. The van der Waals surface area contributed by atoms with Crippen LogP contribution in [0.1, 0.15) is 80.7 Å². The van der Waals surface area contributed by atoms with E-state index in [0.717, 1.165) is 68.4 Å². The lowest BCUT2D eigenvalue weighted by Crippen LogP contribution is -2.32. The van der Waals surface area contributed by atoms with E-state index in [2.05, 4.69) is 27.8 Å². The predicted octanol–water partition coefficient (Wildman–Crippen LogP) is 5.96. The SMILES string of the molecule is O=C(O)C1CCC(c2ccc3c(c2)-n2c(nc(=O)c4c(Cl)cccc42)C32CCCCC2)CC1. The van der Waals surface area contributed by atoms with E-state index in [9.17, 15) is 14.7 Å². The molecule has 2 heterocycles. The van der Waals surface area contributed by atoms with Gasteiger partial charge in [-0.15, -0.1) is 0 Å². The van der Waals surface area contributed by atoms with Gasteiger partial charge in [0.15, 0.2) is 0 Å². The quantitative estimate of drug-likeness (QED) is 0.510. The van der Waals surface area contributed by atoms with Crippen molar-refractivity contribution in [2.24, 2.45) is 5.92 Å². The van der Waals surface area contributed by atoms with Crippen LogP contribution in [0.3, 0.4) is 0 Å². The maximum atomic E-state index is 13.1. The number of hydrogen-bond acceptors (Lipinski definition) is 3. The molecule has 5 nitrogen and oxygen atoms in total. The van der Waals surface area contributed by atoms with Crippen LogP contribution in [0, 0.1) is 5.92 Å². The lowest BCUT2D eigenvalue weighted by Gasteiger charge is -2.33. The summed E-state index contributed by atoms with van der Waals surface area (Å²) in [6.07, 6.45) is 8.71. The summed E-state index contributed by atoms with van der Waals surface area (Å²) in [6.45, 7) is 0. The Bertz CT molecular complexity index is 1330. The van der Waals surface area contributed by atoms with Crippen LogP contribution in [0.4, 0.5) is 0 Å². The van der Waals surface area contributed by atoms with Gasteiger partial charge in [-0.1, -0.05) is 49.1 Å². The molecule has 2 aromatic carbocycles. The Morgan fingerprint density at radius 1 is 1.06 bits per heavy atom. The third-order valence-corrected chi connectivity index (χ3v) is 8.64. The molecule has 2 aliphatic carbocycles. The Balaban J connectivity index is 1.54. The highest BCUT2D eigenvalue weighted by atomic mass is 35.5. The predicted molar refractivity (Wildman–Crippen MR) is 129 cm³/mol. The average molecular weight is 463 g/mol. The molecule has 2 saturated carbocycles. The first-order chi connectivity index (χ1) is 16.0. The average Bonchev–Trinajstić information content (AvgIpc) is 3.08. The van der Waals surface area contributed by atoms with Crippen LogP contribution in [0.5, 0.6) is 0 Å². The van der Waals surface area contributed by atoms with Crippen molar-refractivity contribution in [3.05, 3.63) is 68.7 Å². The van der Waals surface area contributed by atoms with Crippen molar-refractivity contribution in [1.82, 2.24) is 9.55 Å². The number of benzene rings is 2. The van der Waals surface area contributed by atoms with Crippen molar-refractivity contribution in [2.75, 3.05) is 0 Å². The van der Waals surface area contributed by atoms with Gasteiger partial charge in [-0.2, -0.15) is 4.98 Å². The summed E-state index contributed by atoms with van der Waals surface area (Å²) < 4.78 is 2.19. The first-order valence-electron chi connectivity index (χ1n) is 12.1. The number of aliphatic carboxylic acids is 1. The minimum atomic E-state index is -0.672. The second-order valence-electron chi connectivity index (χ2n) is 10.0. The van der Waals surface area contributed by atoms with Crippen molar-refractivity contribution in [1.29, 1.82) is 0 Å². The highest BCUT2D eigenvalue weighted by molar-refractivity contribution is 6.35. The number of fused-ring (bicyclic) bond motifs is 7. The third-order valence-electron chi connectivity index (χ3n) is 8.33. The van der Waals surface area contributed by atoms with Crippen molar-refractivity contribution < 1.29 is 9.90 Å². The van der Waals surface area contributed by atoms with Gasteiger partial charge in [-0.05, 0) is 73.8 Å². The molecule has 0 radical (unpaired) electrons. The largest absolute Gasteiger partial charge is 0.481 e. The smallest absolute Gasteiger partial charge is 0.306 e. The van der Waals surface area contributed by atoms with Crippen molar-refractivity contribution in [2.45, 2.75) is 69.1 Å².